The third-order valence-corrected chi connectivity index (χ3v) is 4.16. The quantitative estimate of drug-likeness (QED) is 0.412. The number of carboxylic acids is 1. The minimum atomic E-state index is -0.998. The van der Waals surface area contributed by atoms with Gasteiger partial charge in [0.15, 0.2) is 5.76 Å². The van der Waals surface area contributed by atoms with Crippen molar-refractivity contribution in [3.8, 4) is 5.69 Å². The molecular formula is C21H15N3O4. The molecule has 0 saturated heterocycles. The SMILES string of the molecule is O=C(O)c1cccc(-n2cccc2/C=N\NC(=O)c2cc3ccccc3o2)c1. The van der Waals surface area contributed by atoms with Crippen LogP contribution in [0.1, 0.15) is 26.6 Å². The van der Waals surface area contributed by atoms with Crippen LogP contribution in [0.3, 0.4) is 0 Å². The van der Waals surface area contributed by atoms with Gasteiger partial charge in [0.1, 0.15) is 5.58 Å². The minimum absolute atomic E-state index is 0.169. The van der Waals surface area contributed by atoms with Gasteiger partial charge in [-0.15, -0.1) is 0 Å². The van der Waals surface area contributed by atoms with Crippen LogP contribution >= 0.6 is 0 Å². The van der Waals surface area contributed by atoms with Gasteiger partial charge in [0, 0.05) is 17.3 Å². The van der Waals surface area contributed by atoms with Crippen molar-refractivity contribution < 1.29 is 19.1 Å². The zero-order chi connectivity index (χ0) is 19.5. The van der Waals surface area contributed by atoms with Crippen LogP contribution in [0.15, 0.2) is 82.4 Å². The topological polar surface area (TPSA) is 96.8 Å². The second kappa shape index (κ2) is 7.24. The van der Waals surface area contributed by atoms with Crippen molar-refractivity contribution in [2.24, 2.45) is 5.10 Å². The molecule has 0 aliphatic rings. The molecule has 28 heavy (non-hydrogen) atoms. The van der Waals surface area contributed by atoms with E-state index in [2.05, 4.69) is 10.5 Å². The van der Waals surface area contributed by atoms with Gasteiger partial charge in [-0.2, -0.15) is 5.10 Å². The number of hydrogen-bond acceptors (Lipinski definition) is 4. The summed E-state index contributed by atoms with van der Waals surface area (Å²) in [6.07, 6.45) is 3.26. The lowest BCUT2D eigenvalue weighted by Gasteiger charge is -2.07. The number of aromatic nitrogens is 1. The molecule has 0 aliphatic carbocycles. The highest BCUT2D eigenvalue weighted by Gasteiger charge is 2.11. The number of para-hydroxylation sites is 1. The first-order chi connectivity index (χ1) is 13.6. The van der Waals surface area contributed by atoms with E-state index in [-0.39, 0.29) is 11.3 Å². The summed E-state index contributed by atoms with van der Waals surface area (Å²) in [5.74, 6) is -1.29. The summed E-state index contributed by atoms with van der Waals surface area (Å²) in [5.41, 5.74) is 4.60. The average molecular weight is 373 g/mol. The number of benzene rings is 2. The summed E-state index contributed by atoms with van der Waals surface area (Å²) in [7, 11) is 0. The van der Waals surface area contributed by atoms with Gasteiger partial charge in [-0.3, -0.25) is 4.79 Å². The molecule has 2 aromatic heterocycles. The molecule has 4 rings (SSSR count). The first kappa shape index (κ1) is 17.3. The van der Waals surface area contributed by atoms with Crippen LogP contribution in [0, 0.1) is 0 Å². The van der Waals surface area contributed by atoms with E-state index in [1.807, 2.05) is 18.2 Å². The molecule has 0 atom stereocenters. The Balaban J connectivity index is 1.51. The minimum Gasteiger partial charge on any atom is -0.478 e. The van der Waals surface area contributed by atoms with Crippen LogP contribution in [0.5, 0.6) is 0 Å². The summed E-state index contributed by atoms with van der Waals surface area (Å²) < 4.78 is 7.27. The number of carbonyl (C=O) groups is 2. The Hall–Kier alpha value is -4.13. The summed E-state index contributed by atoms with van der Waals surface area (Å²) in [6, 6.07) is 19.1. The van der Waals surface area contributed by atoms with E-state index in [0.29, 0.717) is 17.0 Å². The second-order valence-corrected chi connectivity index (χ2v) is 6.01. The van der Waals surface area contributed by atoms with Crippen LogP contribution in [0.2, 0.25) is 0 Å². The number of carboxylic acid groups (broad SMARTS) is 1. The molecule has 2 N–H and O–H groups in total. The van der Waals surface area contributed by atoms with Crippen LogP contribution in [0.25, 0.3) is 16.7 Å². The van der Waals surface area contributed by atoms with Gasteiger partial charge in [0.2, 0.25) is 0 Å². The Morgan fingerprint density at radius 3 is 2.71 bits per heavy atom. The molecule has 0 aliphatic heterocycles. The molecule has 7 nitrogen and oxygen atoms in total. The van der Waals surface area contributed by atoms with Gasteiger partial charge in [0.05, 0.1) is 17.5 Å². The highest BCUT2D eigenvalue weighted by atomic mass is 16.4. The van der Waals surface area contributed by atoms with Crippen molar-refractivity contribution in [3.05, 3.63) is 89.9 Å². The van der Waals surface area contributed by atoms with Crippen molar-refractivity contribution in [1.29, 1.82) is 0 Å². The molecular weight excluding hydrogens is 358 g/mol. The van der Waals surface area contributed by atoms with E-state index in [0.717, 1.165) is 5.39 Å². The van der Waals surface area contributed by atoms with Crippen LogP contribution < -0.4 is 5.43 Å². The molecule has 0 fully saturated rings. The van der Waals surface area contributed by atoms with Gasteiger partial charge in [-0.1, -0.05) is 24.3 Å². The fraction of sp³-hybridized carbons (Fsp3) is 0. The molecule has 0 spiro atoms. The summed E-state index contributed by atoms with van der Waals surface area (Å²) in [5, 5.41) is 14.0. The predicted octanol–water partition coefficient (Wildman–Crippen LogP) is 3.69. The molecule has 7 heteroatoms. The predicted molar refractivity (Wildman–Crippen MR) is 104 cm³/mol. The van der Waals surface area contributed by atoms with Gasteiger partial charge >= 0.3 is 11.9 Å². The maximum atomic E-state index is 12.2. The number of nitrogens with zero attached hydrogens (tertiary/aromatic N) is 2. The lowest BCUT2D eigenvalue weighted by Crippen LogP contribution is -2.17. The first-order valence-corrected chi connectivity index (χ1v) is 8.45. The maximum absolute atomic E-state index is 12.2. The number of carbonyl (C=O) groups excluding carboxylic acids is 1. The Kier molecular flexibility index (Phi) is 4.47. The standard InChI is InChI=1S/C21H15N3O4/c25-20(19-12-14-5-1-2-9-18(14)28-19)23-22-13-17-8-4-10-24(17)16-7-3-6-15(11-16)21(26)27/h1-13H,(H,23,25)(H,26,27)/b22-13-. The average Bonchev–Trinajstić information content (AvgIpc) is 3.35. The van der Waals surface area contributed by atoms with Gasteiger partial charge < -0.3 is 14.1 Å². The first-order valence-electron chi connectivity index (χ1n) is 8.45. The van der Waals surface area contributed by atoms with Crippen molar-refractivity contribution in [2.45, 2.75) is 0 Å². The fourth-order valence-corrected chi connectivity index (χ4v) is 2.83. The number of aromatic carboxylic acids is 1. The van der Waals surface area contributed by atoms with E-state index in [1.54, 1.807) is 53.2 Å². The van der Waals surface area contributed by atoms with Crippen LogP contribution in [0.4, 0.5) is 0 Å². The van der Waals surface area contributed by atoms with Crippen molar-refractivity contribution in [2.75, 3.05) is 0 Å². The summed E-state index contributed by atoms with van der Waals surface area (Å²) in [4.78, 5) is 23.4. The molecule has 0 unspecified atom stereocenters. The molecule has 2 aromatic carbocycles. The Morgan fingerprint density at radius 1 is 1.04 bits per heavy atom. The largest absolute Gasteiger partial charge is 0.478 e. The van der Waals surface area contributed by atoms with Crippen LogP contribution in [-0.2, 0) is 0 Å². The van der Waals surface area contributed by atoms with Crippen molar-refractivity contribution in [3.63, 3.8) is 0 Å². The van der Waals surface area contributed by atoms with Crippen molar-refractivity contribution >= 4 is 29.1 Å². The Morgan fingerprint density at radius 2 is 1.89 bits per heavy atom. The number of rotatable bonds is 5. The van der Waals surface area contributed by atoms with Gasteiger partial charge in [-0.25, -0.2) is 10.2 Å². The van der Waals surface area contributed by atoms with E-state index in [4.69, 9.17) is 9.52 Å². The van der Waals surface area contributed by atoms with E-state index in [1.165, 1.54) is 12.3 Å². The molecule has 138 valence electrons. The normalized spacial score (nSPS) is 11.1. The smallest absolute Gasteiger partial charge is 0.335 e. The number of hydrogen-bond donors (Lipinski definition) is 2. The second-order valence-electron chi connectivity index (χ2n) is 6.01. The van der Waals surface area contributed by atoms with Gasteiger partial charge in [-0.05, 0) is 42.5 Å². The number of nitrogens with one attached hydrogen (secondary N) is 1. The third kappa shape index (κ3) is 3.41. The summed E-state index contributed by atoms with van der Waals surface area (Å²) >= 11 is 0. The third-order valence-electron chi connectivity index (χ3n) is 4.16. The molecule has 2 heterocycles. The Bertz CT molecular complexity index is 1170. The highest BCUT2D eigenvalue weighted by molar-refractivity contribution is 5.96. The monoisotopic (exact) mass is 373 g/mol. The lowest BCUT2D eigenvalue weighted by molar-refractivity contribution is 0.0696. The molecule has 4 aromatic rings. The molecule has 0 bridgehead atoms. The van der Waals surface area contributed by atoms with E-state index in [9.17, 15) is 9.59 Å². The van der Waals surface area contributed by atoms with Gasteiger partial charge in [0.25, 0.3) is 0 Å². The van der Waals surface area contributed by atoms with Crippen molar-refractivity contribution in [1.82, 2.24) is 9.99 Å². The molecule has 0 saturated carbocycles. The Labute approximate surface area is 159 Å². The highest BCUT2D eigenvalue weighted by Crippen LogP contribution is 2.18. The summed E-state index contributed by atoms with van der Waals surface area (Å²) in [6.45, 7) is 0. The molecule has 1 amide bonds. The number of fused-ring (bicyclic) bond motifs is 1. The van der Waals surface area contributed by atoms with Crippen LogP contribution in [-0.4, -0.2) is 27.8 Å². The van der Waals surface area contributed by atoms with E-state index >= 15 is 0 Å². The zero-order valence-corrected chi connectivity index (χ0v) is 14.6. The number of hydrazone groups is 1. The number of furan rings is 1. The zero-order valence-electron chi connectivity index (χ0n) is 14.6. The molecule has 0 radical (unpaired) electrons. The fourth-order valence-electron chi connectivity index (χ4n) is 2.83. The number of amides is 1. The lowest BCUT2D eigenvalue weighted by atomic mass is 10.2. The van der Waals surface area contributed by atoms with E-state index < -0.39 is 11.9 Å². The maximum Gasteiger partial charge on any atom is 0.335 e.